The van der Waals surface area contributed by atoms with Crippen LogP contribution in [0.3, 0.4) is 0 Å². The minimum absolute atomic E-state index is 0.115. The molecule has 1 aromatic carbocycles. The number of nitrogens with two attached hydrogens (primary N) is 1. The van der Waals surface area contributed by atoms with Crippen LogP contribution in [0.25, 0.3) is 0 Å². The number of benzene rings is 1. The largest absolute Gasteiger partial charge is 0.352 e. The fraction of sp³-hybridized carbons (Fsp3) is 0.450. The van der Waals surface area contributed by atoms with E-state index in [-0.39, 0.29) is 18.1 Å². The maximum atomic E-state index is 12.9. The standard InChI is InChI=1S/C20H27ClN6O/c1-13(2)24-19-23-11-15-8-10-27(12-18(15)25-19)20(28)26-17(7-9-22)14-3-5-16(21)6-4-14/h3-6,11,13,17H,7-10,12,22H2,1-2H3,(H,26,28)(H,23,24,25). The first-order valence-corrected chi connectivity index (χ1v) is 9.96. The average molecular weight is 403 g/mol. The molecule has 0 fully saturated rings. The first kappa shape index (κ1) is 20.4. The van der Waals surface area contributed by atoms with Gasteiger partial charge in [-0.1, -0.05) is 23.7 Å². The number of anilines is 1. The van der Waals surface area contributed by atoms with E-state index in [0.29, 0.717) is 37.0 Å². The maximum absolute atomic E-state index is 12.9. The Morgan fingerprint density at radius 3 is 2.75 bits per heavy atom. The van der Waals surface area contributed by atoms with Gasteiger partial charge in [0.25, 0.3) is 0 Å². The molecule has 2 amide bonds. The molecule has 7 nitrogen and oxygen atoms in total. The zero-order chi connectivity index (χ0) is 20.1. The van der Waals surface area contributed by atoms with E-state index in [0.717, 1.165) is 23.2 Å². The number of nitrogens with one attached hydrogen (secondary N) is 2. The molecule has 0 bridgehead atoms. The van der Waals surface area contributed by atoms with E-state index in [1.807, 2.05) is 44.3 Å². The predicted octanol–water partition coefficient (Wildman–Crippen LogP) is 3.11. The fourth-order valence-corrected chi connectivity index (χ4v) is 3.35. The van der Waals surface area contributed by atoms with Crippen molar-refractivity contribution in [2.75, 3.05) is 18.4 Å². The molecule has 0 saturated carbocycles. The minimum Gasteiger partial charge on any atom is -0.352 e. The van der Waals surface area contributed by atoms with Gasteiger partial charge in [0.15, 0.2) is 0 Å². The lowest BCUT2D eigenvalue weighted by molar-refractivity contribution is 0.186. The van der Waals surface area contributed by atoms with Gasteiger partial charge in [-0.3, -0.25) is 0 Å². The number of carbonyl (C=O) groups is 1. The monoisotopic (exact) mass is 402 g/mol. The molecule has 2 heterocycles. The van der Waals surface area contributed by atoms with Crippen molar-refractivity contribution in [3.05, 3.63) is 52.3 Å². The van der Waals surface area contributed by atoms with E-state index < -0.39 is 0 Å². The van der Waals surface area contributed by atoms with E-state index in [9.17, 15) is 4.79 Å². The van der Waals surface area contributed by atoms with Crippen LogP contribution in [0.5, 0.6) is 0 Å². The molecule has 1 aliphatic rings. The molecule has 1 unspecified atom stereocenters. The van der Waals surface area contributed by atoms with Gasteiger partial charge in [0, 0.05) is 23.8 Å². The normalized spacial score (nSPS) is 14.5. The Hall–Kier alpha value is -2.38. The minimum atomic E-state index is -0.153. The first-order valence-electron chi connectivity index (χ1n) is 9.58. The molecule has 8 heteroatoms. The summed E-state index contributed by atoms with van der Waals surface area (Å²) in [7, 11) is 0. The van der Waals surface area contributed by atoms with Crippen molar-refractivity contribution in [1.29, 1.82) is 0 Å². The van der Waals surface area contributed by atoms with Gasteiger partial charge in [-0.15, -0.1) is 0 Å². The molecule has 1 aliphatic heterocycles. The second-order valence-electron chi connectivity index (χ2n) is 7.27. The second kappa shape index (κ2) is 9.21. The van der Waals surface area contributed by atoms with Crippen molar-refractivity contribution in [3.63, 3.8) is 0 Å². The van der Waals surface area contributed by atoms with Crippen LogP contribution >= 0.6 is 11.6 Å². The van der Waals surface area contributed by atoms with Crippen LogP contribution in [-0.4, -0.2) is 40.0 Å². The highest BCUT2D eigenvalue weighted by atomic mass is 35.5. The highest BCUT2D eigenvalue weighted by Crippen LogP contribution is 2.22. The fourth-order valence-electron chi connectivity index (χ4n) is 3.23. The molecule has 1 atom stereocenters. The molecule has 1 aromatic heterocycles. The molecule has 28 heavy (non-hydrogen) atoms. The molecule has 4 N–H and O–H groups in total. The van der Waals surface area contributed by atoms with Crippen LogP contribution in [0.15, 0.2) is 30.5 Å². The van der Waals surface area contributed by atoms with Crippen molar-refractivity contribution < 1.29 is 4.79 Å². The lowest BCUT2D eigenvalue weighted by Gasteiger charge is -2.30. The van der Waals surface area contributed by atoms with E-state index in [2.05, 4.69) is 20.6 Å². The average Bonchev–Trinajstić information content (AvgIpc) is 2.67. The lowest BCUT2D eigenvalue weighted by Crippen LogP contribution is -2.44. The Bertz CT molecular complexity index is 811. The van der Waals surface area contributed by atoms with Gasteiger partial charge in [-0.25, -0.2) is 14.8 Å². The Kier molecular flexibility index (Phi) is 6.70. The zero-order valence-corrected chi connectivity index (χ0v) is 17.0. The van der Waals surface area contributed by atoms with Crippen LogP contribution < -0.4 is 16.4 Å². The van der Waals surface area contributed by atoms with E-state index in [1.165, 1.54) is 0 Å². The van der Waals surface area contributed by atoms with Gasteiger partial charge in [0.2, 0.25) is 5.95 Å². The van der Waals surface area contributed by atoms with Crippen LogP contribution in [0.2, 0.25) is 5.02 Å². The summed E-state index contributed by atoms with van der Waals surface area (Å²) in [6.45, 7) is 5.66. The van der Waals surface area contributed by atoms with E-state index >= 15 is 0 Å². The molecule has 2 aromatic rings. The van der Waals surface area contributed by atoms with Crippen molar-refractivity contribution in [3.8, 4) is 0 Å². The van der Waals surface area contributed by atoms with Crippen molar-refractivity contribution in [1.82, 2.24) is 20.2 Å². The third-order valence-electron chi connectivity index (χ3n) is 4.68. The topological polar surface area (TPSA) is 96.2 Å². The van der Waals surface area contributed by atoms with Crippen molar-refractivity contribution in [2.45, 2.75) is 45.3 Å². The summed E-state index contributed by atoms with van der Waals surface area (Å²) in [5, 5.41) is 6.98. The Balaban J connectivity index is 1.69. The number of urea groups is 1. The van der Waals surface area contributed by atoms with Crippen LogP contribution in [0.1, 0.15) is 43.1 Å². The number of nitrogens with zero attached hydrogens (tertiary/aromatic N) is 3. The van der Waals surface area contributed by atoms with Crippen LogP contribution in [0.4, 0.5) is 10.7 Å². The molecule has 3 rings (SSSR count). The molecule has 0 radical (unpaired) electrons. The van der Waals surface area contributed by atoms with Crippen LogP contribution in [-0.2, 0) is 13.0 Å². The number of hydrogen-bond donors (Lipinski definition) is 3. The summed E-state index contributed by atoms with van der Waals surface area (Å²) in [6.07, 6.45) is 3.25. The number of rotatable bonds is 6. The van der Waals surface area contributed by atoms with Gasteiger partial charge >= 0.3 is 6.03 Å². The van der Waals surface area contributed by atoms with Crippen LogP contribution in [0, 0.1) is 0 Å². The highest BCUT2D eigenvalue weighted by Gasteiger charge is 2.24. The summed E-state index contributed by atoms with van der Waals surface area (Å²) < 4.78 is 0. The van der Waals surface area contributed by atoms with Gasteiger partial charge in [-0.2, -0.15) is 0 Å². The Labute approximate surface area is 170 Å². The van der Waals surface area contributed by atoms with Gasteiger partial charge in [0.05, 0.1) is 18.3 Å². The Morgan fingerprint density at radius 1 is 1.32 bits per heavy atom. The van der Waals surface area contributed by atoms with Gasteiger partial charge in [-0.05, 0) is 56.5 Å². The van der Waals surface area contributed by atoms with Crippen molar-refractivity contribution in [2.24, 2.45) is 5.73 Å². The lowest BCUT2D eigenvalue weighted by atomic mass is 10.0. The number of amides is 2. The quantitative estimate of drug-likeness (QED) is 0.689. The summed E-state index contributed by atoms with van der Waals surface area (Å²) in [4.78, 5) is 23.6. The molecule has 0 aliphatic carbocycles. The number of carbonyl (C=O) groups excluding carboxylic acids is 1. The number of fused-ring (bicyclic) bond motifs is 1. The van der Waals surface area contributed by atoms with Gasteiger partial charge < -0.3 is 21.3 Å². The third-order valence-corrected chi connectivity index (χ3v) is 4.93. The summed E-state index contributed by atoms with van der Waals surface area (Å²) in [5.41, 5.74) is 8.73. The smallest absolute Gasteiger partial charge is 0.318 e. The van der Waals surface area contributed by atoms with Crippen molar-refractivity contribution >= 4 is 23.6 Å². The first-order chi connectivity index (χ1) is 13.5. The second-order valence-corrected chi connectivity index (χ2v) is 7.70. The summed E-state index contributed by atoms with van der Waals surface area (Å²) in [5.74, 6) is 0.596. The third kappa shape index (κ3) is 5.11. The highest BCUT2D eigenvalue weighted by molar-refractivity contribution is 6.30. The van der Waals surface area contributed by atoms with E-state index in [4.69, 9.17) is 17.3 Å². The summed E-state index contributed by atoms with van der Waals surface area (Å²) >= 11 is 5.98. The van der Waals surface area contributed by atoms with Gasteiger partial charge in [0.1, 0.15) is 0 Å². The zero-order valence-electron chi connectivity index (χ0n) is 16.3. The van der Waals surface area contributed by atoms with E-state index in [1.54, 1.807) is 4.90 Å². The number of halogens is 1. The molecule has 0 spiro atoms. The predicted molar refractivity (Wildman–Crippen MR) is 111 cm³/mol. The SMILES string of the molecule is CC(C)Nc1ncc2c(n1)CN(C(=O)NC(CCN)c1ccc(Cl)cc1)CC2. The molecular weight excluding hydrogens is 376 g/mol. The summed E-state index contributed by atoms with van der Waals surface area (Å²) in [6, 6.07) is 7.47. The molecule has 150 valence electrons. The molecular formula is C20H27ClN6O. The maximum Gasteiger partial charge on any atom is 0.318 e. The number of aromatic nitrogens is 2. The Morgan fingerprint density at radius 2 is 2.07 bits per heavy atom. The molecule has 0 saturated heterocycles. The number of hydrogen-bond acceptors (Lipinski definition) is 5.